The number of aromatic nitrogens is 3. The SMILES string of the molecule is [2H]c1c([2H])c([2H])c(-c2cc(N3CN(C)c4ccccc43)cc(Oc3ccc4c5ccccc5n(-c5cc(C(C)(C)C)ccn5)c4c3)n2)c([2H])c1[2H]. The molecule has 0 fully saturated rings. The molecule has 6 heteroatoms. The van der Waals surface area contributed by atoms with Gasteiger partial charge in [-0.2, -0.15) is 0 Å². The van der Waals surface area contributed by atoms with E-state index in [1.165, 1.54) is 5.56 Å². The molecule has 8 rings (SSSR count). The summed E-state index contributed by atoms with van der Waals surface area (Å²) in [6, 6.07) is 28.0. The van der Waals surface area contributed by atoms with Crippen molar-refractivity contribution >= 4 is 38.9 Å². The fraction of sp³-hybridized carbons (Fsp3) is 0.150. The number of para-hydroxylation sites is 3. The van der Waals surface area contributed by atoms with E-state index in [2.05, 4.69) is 53.3 Å². The minimum Gasteiger partial charge on any atom is -0.439 e. The lowest BCUT2D eigenvalue weighted by Gasteiger charge is -2.21. The summed E-state index contributed by atoms with van der Waals surface area (Å²) in [5.41, 5.74) is 5.97. The van der Waals surface area contributed by atoms with Crippen molar-refractivity contribution in [2.45, 2.75) is 26.2 Å². The van der Waals surface area contributed by atoms with Crippen LogP contribution in [0.5, 0.6) is 11.6 Å². The van der Waals surface area contributed by atoms with Gasteiger partial charge < -0.3 is 14.5 Å². The molecular weight excluding hydrogens is 566 g/mol. The Morgan fingerprint density at radius 3 is 2.37 bits per heavy atom. The van der Waals surface area contributed by atoms with Gasteiger partial charge in [-0.15, -0.1) is 0 Å². The zero-order valence-electron chi connectivity index (χ0n) is 31.1. The summed E-state index contributed by atoms with van der Waals surface area (Å²) in [5.74, 6) is 1.54. The van der Waals surface area contributed by atoms with Crippen molar-refractivity contribution in [3.8, 4) is 28.7 Å². The number of benzene rings is 4. The van der Waals surface area contributed by atoms with Gasteiger partial charge in [0.2, 0.25) is 5.88 Å². The number of hydrogen-bond acceptors (Lipinski definition) is 5. The standard InChI is InChI=1S/C40H35N5O/c1-40(2,3)28-20-21-41-38(22-28)45-34-15-9-8-14-31(34)32-19-18-30(25-37(32)45)46-39-24-29(23-33(42-39)27-12-6-5-7-13-27)44-26-43(4)35-16-10-11-17-36(35)44/h5-25H,26H2,1-4H3/i5D,6D,7D,12D,13D. The van der Waals surface area contributed by atoms with Crippen LogP contribution in [0.1, 0.15) is 33.2 Å². The first kappa shape index (κ1) is 22.8. The average molecular weight is 607 g/mol. The Morgan fingerprint density at radius 1 is 0.783 bits per heavy atom. The number of fused-ring (bicyclic) bond motifs is 4. The monoisotopic (exact) mass is 606 g/mol. The van der Waals surface area contributed by atoms with E-state index in [1.54, 1.807) is 6.07 Å². The topological polar surface area (TPSA) is 46.4 Å². The third kappa shape index (κ3) is 4.83. The van der Waals surface area contributed by atoms with Gasteiger partial charge in [-0.1, -0.05) is 81.3 Å². The van der Waals surface area contributed by atoms with E-state index < -0.39 is 18.1 Å². The first-order valence-electron chi connectivity index (χ1n) is 17.8. The molecule has 0 saturated heterocycles. The Labute approximate surface area is 276 Å². The molecule has 3 aromatic heterocycles. The van der Waals surface area contributed by atoms with Crippen molar-refractivity contribution in [3.05, 3.63) is 133 Å². The molecule has 4 heterocycles. The van der Waals surface area contributed by atoms with Crippen molar-refractivity contribution in [3.63, 3.8) is 0 Å². The summed E-state index contributed by atoms with van der Waals surface area (Å²) in [7, 11) is 2.01. The van der Waals surface area contributed by atoms with Crippen molar-refractivity contribution in [2.75, 3.05) is 23.5 Å². The van der Waals surface area contributed by atoms with Crippen LogP contribution in [0.25, 0.3) is 38.9 Å². The highest BCUT2D eigenvalue weighted by Gasteiger charge is 2.25. The minimum absolute atomic E-state index is 0.00826. The largest absolute Gasteiger partial charge is 0.439 e. The summed E-state index contributed by atoms with van der Waals surface area (Å²) in [6.45, 7) is 7.09. The maximum atomic E-state index is 8.71. The van der Waals surface area contributed by atoms with Crippen LogP contribution in [-0.4, -0.2) is 28.3 Å². The molecule has 4 aromatic carbocycles. The minimum atomic E-state index is -0.456. The van der Waals surface area contributed by atoms with Gasteiger partial charge in [0.15, 0.2) is 0 Å². The highest BCUT2D eigenvalue weighted by Crippen LogP contribution is 2.42. The first-order chi connectivity index (χ1) is 24.4. The van der Waals surface area contributed by atoms with Gasteiger partial charge in [-0.3, -0.25) is 4.57 Å². The van der Waals surface area contributed by atoms with Crippen molar-refractivity contribution in [2.24, 2.45) is 0 Å². The Balaban J connectivity index is 1.30. The van der Waals surface area contributed by atoms with E-state index in [0.29, 0.717) is 18.1 Å². The average Bonchev–Trinajstić information content (AvgIpc) is 3.64. The van der Waals surface area contributed by atoms with Crippen molar-refractivity contribution < 1.29 is 11.6 Å². The lowest BCUT2D eigenvalue weighted by Crippen LogP contribution is -2.24. The zero-order chi connectivity index (χ0) is 35.8. The van der Waals surface area contributed by atoms with Crippen LogP contribution in [-0.2, 0) is 5.41 Å². The molecule has 0 aliphatic carbocycles. The summed E-state index contributed by atoms with van der Waals surface area (Å²) < 4.78 is 50.9. The number of rotatable bonds is 5. The highest BCUT2D eigenvalue weighted by atomic mass is 16.5. The maximum absolute atomic E-state index is 8.71. The molecule has 0 unspecified atom stereocenters. The van der Waals surface area contributed by atoms with Crippen molar-refractivity contribution in [1.29, 1.82) is 0 Å². The Kier molecular flexibility index (Phi) is 5.35. The van der Waals surface area contributed by atoms with E-state index in [1.807, 2.05) is 80.0 Å². The van der Waals surface area contributed by atoms with Crippen LogP contribution < -0.4 is 14.5 Å². The molecule has 46 heavy (non-hydrogen) atoms. The molecule has 6 nitrogen and oxygen atoms in total. The second kappa shape index (κ2) is 10.8. The lowest BCUT2D eigenvalue weighted by atomic mass is 9.88. The van der Waals surface area contributed by atoms with Gasteiger partial charge >= 0.3 is 0 Å². The van der Waals surface area contributed by atoms with Gasteiger partial charge in [0.05, 0.1) is 47.3 Å². The molecule has 1 aliphatic rings. The van der Waals surface area contributed by atoms with E-state index in [0.717, 1.165) is 39.0 Å². The van der Waals surface area contributed by atoms with E-state index in [9.17, 15) is 0 Å². The van der Waals surface area contributed by atoms with Crippen LogP contribution >= 0.6 is 0 Å². The van der Waals surface area contributed by atoms with E-state index in [4.69, 9.17) is 21.6 Å². The Hall–Kier alpha value is -5.62. The fourth-order valence-electron chi connectivity index (χ4n) is 6.19. The first-order valence-corrected chi connectivity index (χ1v) is 15.3. The van der Waals surface area contributed by atoms with Gasteiger partial charge in [-0.05, 0) is 59.5 Å². The van der Waals surface area contributed by atoms with Gasteiger partial charge in [0, 0.05) is 41.7 Å². The Bertz CT molecular complexity index is 2500. The van der Waals surface area contributed by atoms with E-state index in [-0.39, 0.29) is 34.6 Å². The molecule has 0 atom stereocenters. The predicted molar refractivity (Wildman–Crippen MR) is 189 cm³/mol. The number of hydrogen-bond donors (Lipinski definition) is 0. The number of ether oxygens (including phenoxy) is 1. The summed E-state index contributed by atoms with van der Waals surface area (Å²) >= 11 is 0. The summed E-state index contributed by atoms with van der Waals surface area (Å²) in [5, 5.41) is 2.13. The number of pyridine rings is 2. The van der Waals surface area contributed by atoms with Crippen molar-refractivity contribution in [1.82, 2.24) is 14.5 Å². The van der Waals surface area contributed by atoms with Crippen LogP contribution in [0, 0.1) is 0 Å². The number of nitrogens with zero attached hydrogens (tertiary/aromatic N) is 5. The van der Waals surface area contributed by atoms with Gasteiger partial charge in [0.1, 0.15) is 11.6 Å². The van der Waals surface area contributed by atoms with Crippen LogP contribution in [0.15, 0.2) is 127 Å². The summed E-state index contributed by atoms with van der Waals surface area (Å²) in [4.78, 5) is 13.8. The summed E-state index contributed by atoms with van der Waals surface area (Å²) in [6.07, 6.45) is 1.85. The second-order valence-electron chi connectivity index (χ2n) is 12.6. The zero-order valence-corrected chi connectivity index (χ0v) is 26.1. The molecule has 0 amide bonds. The molecular formula is C40H35N5O. The lowest BCUT2D eigenvalue weighted by molar-refractivity contribution is 0.464. The fourth-order valence-corrected chi connectivity index (χ4v) is 6.19. The number of anilines is 3. The van der Waals surface area contributed by atoms with Crippen LogP contribution in [0.2, 0.25) is 0 Å². The van der Waals surface area contributed by atoms with E-state index >= 15 is 0 Å². The highest BCUT2D eigenvalue weighted by molar-refractivity contribution is 6.09. The molecule has 0 radical (unpaired) electrons. The maximum Gasteiger partial charge on any atom is 0.221 e. The molecule has 0 bridgehead atoms. The third-order valence-electron chi connectivity index (χ3n) is 8.50. The third-order valence-corrected chi connectivity index (χ3v) is 8.50. The molecule has 0 saturated carbocycles. The molecule has 0 spiro atoms. The smallest absolute Gasteiger partial charge is 0.221 e. The molecule has 1 aliphatic heterocycles. The molecule has 7 aromatic rings. The Morgan fingerprint density at radius 2 is 1.54 bits per heavy atom. The predicted octanol–water partition coefficient (Wildman–Crippen LogP) is 9.88. The van der Waals surface area contributed by atoms with Crippen LogP contribution in [0.4, 0.5) is 17.1 Å². The molecule has 0 N–H and O–H groups in total. The van der Waals surface area contributed by atoms with Gasteiger partial charge in [0.25, 0.3) is 0 Å². The second-order valence-corrected chi connectivity index (χ2v) is 12.6. The normalized spacial score (nSPS) is 14.6. The molecule has 226 valence electrons. The van der Waals surface area contributed by atoms with Crippen LogP contribution in [0.3, 0.4) is 0 Å². The quantitative estimate of drug-likeness (QED) is 0.195. The van der Waals surface area contributed by atoms with Gasteiger partial charge in [-0.25, -0.2) is 9.97 Å².